The minimum Gasteiger partial charge on any atom is -0.491 e. The molecule has 0 spiro atoms. The fourth-order valence-corrected chi connectivity index (χ4v) is 3.94. The zero-order valence-corrected chi connectivity index (χ0v) is 17.2. The van der Waals surface area contributed by atoms with Crippen molar-refractivity contribution in [1.29, 1.82) is 0 Å². The summed E-state index contributed by atoms with van der Waals surface area (Å²) in [4.78, 5) is 16.1. The van der Waals surface area contributed by atoms with Crippen LogP contribution in [0.5, 0.6) is 5.75 Å². The lowest BCUT2D eigenvalue weighted by Crippen LogP contribution is -2.49. The van der Waals surface area contributed by atoms with Crippen LogP contribution in [0.1, 0.15) is 5.56 Å². The van der Waals surface area contributed by atoms with Crippen LogP contribution in [0, 0.1) is 0 Å². The van der Waals surface area contributed by atoms with Crippen LogP contribution < -0.4 is 15.0 Å². The summed E-state index contributed by atoms with van der Waals surface area (Å²) >= 11 is 3.47. The lowest BCUT2D eigenvalue weighted by atomic mass is 10.1. The maximum absolute atomic E-state index is 11.4. The number of aliphatic hydroxyl groups excluding tert-OH is 1. The van der Waals surface area contributed by atoms with Crippen molar-refractivity contribution in [2.24, 2.45) is 0 Å². The molecule has 28 heavy (non-hydrogen) atoms. The molecule has 2 aromatic rings. The second-order valence-electron chi connectivity index (χ2n) is 7.27. The van der Waals surface area contributed by atoms with Gasteiger partial charge in [0.1, 0.15) is 18.5 Å². The number of fused-ring (bicyclic) bond motifs is 1. The van der Waals surface area contributed by atoms with Crippen molar-refractivity contribution in [1.82, 2.24) is 4.90 Å². The minimum absolute atomic E-state index is 0.00876. The molecule has 2 aromatic carbocycles. The number of ether oxygens (including phenoxy) is 1. The van der Waals surface area contributed by atoms with Gasteiger partial charge in [-0.15, -0.1) is 0 Å². The zero-order valence-electron chi connectivity index (χ0n) is 15.6. The van der Waals surface area contributed by atoms with Crippen molar-refractivity contribution in [3.05, 3.63) is 52.5 Å². The molecule has 1 fully saturated rings. The number of β-amino-alcohol motifs (C(OH)–C–C–N with tert-alkyl or cyclic N) is 1. The van der Waals surface area contributed by atoms with Crippen LogP contribution in [-0.4, -0.2) is 61.3 Å². The summed E-state index contributed by atoms with van der Waals surface area (Å²) in [5, 5.41) is 13.2. The Hall–Kier alpha value is -2.09. The molecule has 148 valence electrons. The molecule has 0 radical (unpaired) electrons. The summed E-state index contributed by atoms with van der Waals surface area (Å²) in [6.45, 7) is 4.56. The molecule has 0 aromatic heterocycles. The van der Waals surface area contributed by atoms with Gasteiger partial charge in [-0.2, -0.15) is 0 Å². The van der Waals surface area contributed by atoms with Gasteiger partial charge in [-0.25, -0.2) is 0 Å². The lowest BCUT2D eigenvalue weighted by Gasteiger charge is -2.36. The van der Waals surface area contributed by atoms with Gasteiger partial charge >= 0.3 is 0 Å². The Morgan fingerprint density at radius 3 is 2.61 bits per heavy atom. The maximum atomic E-state index is 11.4. The van der Waals surface area contributed by atoms with Crippen molar-refractivity contribution in [3.63, 3.8) is 0 Å². The Morgan fingerprint density at radius 1 is 1.11 bits per heavy atom. The Morgan fingerprint density at radius 2 is 1.86 bits per heavy atom. The van der Waals surface area contributed by atoms with Gasteiger partial charge in [0.2, 0.25) is 5.91 Å². The Bertz CT molecular complexity index is 835. The van der Waals surface area contributed by atoms with Crippen molar-refractivity contribution in [2.75, 3.05) is 49.5 Å². The number of benzene rings is 2. The molecule has 7 heteroatoms. The zero-order chi connectivity index (χ0) is 19.5. The molecule has 1 unspecified atom stereocenters. The number of amides is 1. The van der Waals surface area contributed by atoms with Crippen molar-refractivity contribution < 1.29 is 14.6 Å². The lowest BCUT2D eigenvalue weighted by molar-refractivity contribution is -0.115. The van der Waals surface area contributed by atoms with Crippen LogP contribution >= 0.6 is 15.9 Å². The summed E-state index contributed by atoms with van der Waals surface area (Å²) in [7, 11) is 0. The molecule has 2 N–H and O–H groups in total. The van der Waals surface area contributed by atoms with Gasteiger partial charge < -0.3 is 20.1 Å². The predicted octanol–water partition coefficient (Wildman–Crippen LogP) is 2.51. The molecule has 4 rings (SSSR count). The number of carbonyl (C=O) groups excluding carboxylic acids is 1. The average molecular weight is 446 g/mol. The highest BCUT2D eigenvalue weighted by Gasteiger charge is 2.21. The second-order valence-corrected chi connectivity index (χ2v) is 8.19. The van der Waals surface area contributed by atoms with Gasteiger partial charge in [0.25, 0.3) is 0 Å². The predicted molar refractivity (Wildman–Crippen MR) is 113 cm³/mol. The number of anilines is 2. The Balaban J connectivity index is 1.22. The van der Waals surface area contributed by atoms with Gasteiger partial charge in [-0.1, -0.05) is 15.9 Å². The van der Waals surface area contributed by atoms with Crippen molar-refractivity contribution in [2.45, 2.75) is 12.5 Å². The van der Waals surface area contributed by atoms with E-state index in [1.807, 2.05) is 18.2 Å². The van der Waals surface area contributed by atoms with Gasteiger partial charge in [0, 0.05) is 48.6 Å². The first kappa shape index (κ1) is 19.2. The van der Waals surface area contributed by atoms with E-state index in [0.717, 1.165) is 41.9 Å². The van der Waals surface area contributed by atoms with Crippen LogP contribution in [0.25, 0.3) is 0 Å². The first-order valence-electron chi connectivity index (χ1n) is 9.53. The van der Waals surface area contributed by atoms with E-state index in [0.29, 0.717) is 18.7 Å². The molecule has 2 aliphatic rings. The number of halogens is 1. The number of carbonyl (C=O) groups is 1. The summed E-state index contributed by atoms with van der Waals surface area (Å²) in [6.07, 6.45) is -0.162. The Labute approximate surface area is 173 Å². The summed E-state index contributed by atoms with van der Waals surface area (Å²) < 4.78 is 6.83. The van der Waals surface area contributed by atoms with E-state index < -0.39 is 6.10 Å². The monoisotopic (exact) mass is 445 g/mol. The summed E-state index contributed by atoms with van der Waals surface area (Å²) in [6, 6.07) is 13.9. The number of nitrogens with zero attached hydrogens (tertiary/aromatic N) is 2. The first-order chi connectivity index (χ1) is 13.6. The van der Waals surface area contributed by atoms with E-state index in [1.54, 1.807) is 0 Å². The van der Waals surface area contributed by atoms with Crippen LogP contribution in [0.3, 0.4) is 0 Å². The quantitative estimate of drug-likeness (QED) is 0.714. The van der Waals surface area contributed by atoms with Gasteiger partial charge in [0.05, 0.1) is 6.42 Å². The third kappa shape index (κ3) is 4.66. The van der Waals surface area contributed by atoms with E-state index in [1.165, 1.54) is 5.69 Å². The van der Waals surface area contributed by atoms with Crippen LogP contribution in [0.4, 0.5) is 11.4 Å². The van der Waals surface area contributed by atoms with E-state index in [2.05, 4.69) is 55.3 Å². The smallest absolute Gasteiger partial charge is 0.228 e. The molecule has 1 atom stereocenters. The van der Waals surface area contributed by atoms with E-state index in [4.69, 9.17) is 4.74 Å². The average Bonchev–Trinajstić information content (AvgIpc) is 3.07. The highest BCUT2D eigenvalue weighted by atomic mass is 79.9. The van der Waals surface area contributed by atoms with Crippen LogP contribution in [-0.2, 0) is 11.2 Å². The molecule has 0 aliphatic carbocycles. The van der Waals surface area contributed by atoms with Gasteiger partial charge in [-0.05, 0) is 48.0 Å². The van der Waals surface area contributed by atoms with Crippen LogP contribution in [0.2, 0.25) is 0 Å². The molecule has 2 heterocycles. The highest BCUT2D eigenvalue weighted by molar-refractivity contribution is 9.10. The first-order valence-corrected chi connectivity index (χ1v) is 10.3. The second kappa shape index (κ2) is 8.51. The molecule has 0 saturated carbocycles. The van der Waals surface area contributed by atoms with Gasteiger partial charge in [0.15, 0.2) is 0 Å². The fraction of sp³-hybridized carbons (Fsp3) is 0.381. The molecule has 2 aliphatic heterocycles. The number of rotatable bonds is 6. The SMILES string of the molecule is O=C1Cc2cc(OCC(O)CN3CCN(c4ccc(Br)cc4)CC3)ccc2N1. The Kier molecular flexibility index (Phi) is 5.85. The molecular weight excluding hydrogens is 422 g/mol. The molecule has 1 amide bonds. The number of hydrogen-bond acceptors (Lipinski definition) is 5. The largest absolute Gasteiger partial charge is 0.491 e. The summed E-state index contributed by atoms with van der Waals surface area (Å²) in [5.74, 6) is 0.698. The highest BCUT2D eigenvalue weighted by Crippen LogP contribution is 2.27. The molecule has 1 saturated heterocycles. The van der Waals surface area contributed by atoms with E-state index in [9.17, 15) is 9.90 Å². The maximum Gasteiger partial charge on any atom is 0.228 e. The fourth-order valence-electron chi connectivity index (χ4n) is 3.68. The third-order valence-corrected chi connectivity index (χ3v) is 5.71. The number of aliphatic hydroxyl groups is 1. The number of nitrogens with one attached hydrogen (secondary N) is 1. The third-order valence-electron chi connectivity index (χ3n) is 5.18. The van der Waals surface area contributed by atoms with Gasteiger partial charge in [-0.3, -0.25) is 9.69 Å². The summed E-state index contributed by atoms with van der Waals surface area (Å²) in [5.41, 5.74) is 3.03. The van der Waals surface area contributed by atoms with E-state index >= 15 is 0 Å². The number of hydrogen-bond donors (Lipinski definition) is 2. The number of piperazine rings is 1. The molecule has 6 nitrogen and oxygen atoms in total. The minimum atomic E-state index is -0.549. The van der Waals surface area contributed by atoms with Crippen LogP contribution in [0.15, 0.2) is 46.9 Å². The van der Waals surface area contributed by atoms with E-state index in [-0.39, 0.29) is 12.5 Å². The molecule has 0 bridgehead atoms. The topological polar surface area (TPSA) is 65.0 Å². The standard InChI is InChI=1S/C21H24BrN3O3/c22-16-1-3-17(4-2-16)25-9-7-24(8-10-25)13-18(26)14-28-19-5-6-20-15(11-19)12-21(27)23-20/h1-6,11,18,26H,7-10,12-14H2,(H,23,27). The molecular formula is C21H24BrN3O3. The normalized spacial score (nSPS) is 17.9. The van der Waals surface area contributed by atoms with Crippen molar-refractivity contribution >= 4 is 33.2 Å². The van der Waals surface area contributed by atoms with Crippen molar-refractivity contribution in [3.8, 4) is 5.75 Å².